The van der Waals surface area contributed by atoms with E-state index in [2.05, 4.69) is 0 Å². The molecule has 0 aromatic heterocycles. The number of hydrogen-bond donors (Lipinski definition) is 1. The van der Waals surface area contributed by atoms with Crippen molar-refractivity contribution in [2.24, 2.45) is 0 Å². The monoisotopic (exact) mass is 236 g/mol. The molecule has 0 spiro atoms. The molecule has 18 heavy (non-hydrogen) atoms. The number of rotatable bonds is 2. The van der Waals surface area contributed by atoms with E-state index in [0.29, 0.717) is 0 Å². The number of hydrogen-bond acceptors (Lipinski definition) is 3. The zero-order chi connectivity index (χ0) is 12.5. The van der Waals surface area contributed by atoms with Crippen LogP contribution in [0.3, 0.4) is 0 Å². The third kappa shape index (κ3) is 6.26. The molecule has 0 fully saturated rings. The van der Waals surface area contributed by atoms with Crippen molar-refractivity contribution in [3.05, 3.63) is 71.8 Å². The van der Waals surface area contributed by atoms with Gasteiger partial charge in [-0.1, -0.05) is 60.7 Å². The second kappa shape index (κ2) is 9.49. The SMILES string of the molecule is O=C([O-])c1ccccc1.OCc1ccccc1.[Li+]. The predicted molar refractivity (Wildman–Crippen MR) is 63.1 cm³/mol. The molecule has 0 bridgehead atoms. The molecule has 0 unspecified atom stereocenters. The van der Waals surface area contributed by atoms with E-state index in [9.17, 15) is 9.90 Å². The van der Waals surface area contributed by atoms with E-state index in [0.717, 1.165) is 5.56 Å². The molecule has 0 saturated heterocycles. The van der Waals surface area contributed by atoms with Crippen molar-refractivity contribution in [3.63, 3.8) is 0 Å². The molecule has 0 aliphatic carbocycles. The minimum absolute atomic E-state index is 0. The average Bonchev–Trinajstić information content (AvgIpc) is 2.41. The summed E-state index contributed by atoms with van der Waals surface area (Å²) in [5, 5.41) is 18.6. The van der Waals surface area contributed by atoms with Gasteiger partial charge in [0.25, 0.3) is 0 Å². The van der Waals surface area contributed by atoms with Gasteiger partial charge in [-0.15, -0.1) is 0 Å². The number of aliphatic hydroxyl groups excluding tert-OH is 1. The molecule has 3 nitrogen and oxygen atoms in total. The van der Waals surface area contributed by atoms with Crippen molar-refractivity contribution in [3.8, 4) is 0 Å². The molecule has 0 saturated carbocycles. The molecule has 0 atom stereocenters. The number of carbonyl (C=O) groups excluding carboxylic acids is 1. The fourth-order valence-corrected chi connectivity index (χ4v) is 1.16. The van der Waals surface area contributed by atoms with Crippen LogP contribution in [0.5, 0.6) is 0 Å². The van der Waals surface area contributed by atoms with Gasteiger partial charge >= 0.3 is 18.9 Å². The predicted octanol–water partition coefficient (Wildman–Crippen LogP) is -1.77. The average molecular weight is 236 g/mol. The summed E-state index contributed by atoms with van der Waals surface area (Å²) in [4.78, 5) is 10.1. The van der Waals surface area contributed by atoms with E-state index in [1.165, 1.54) is 12.1 Å². The van der Waals surface area contributed by atoms with Crippen LogP contribution in [0.15, 0.2) is 60.7 Å². The van der Waals surface area contributed by atoms with Gasteiger partial charge in [0.05, 0.1) is 12.6 Å². The van der Waals surface area contributed by atoms with Crippen molar-refractivity contribution in [2.75, 3.05) is 0 Å². The van der Waals surface area contributed by atoms with Gasteiger partial charge in [0, 0.05) is 0 Å². The molecular weight excluding hydrogens is 223 g/mol. The molecule has 0 aliphatic rings. The topological polar surface area (TPSA) is 60.4 Å². The van der Waals surface area contributed by atoms with Gasteiger partial charge in [0.1, 0.15) is 0 Å². The zero-order valence-corrected chi connectivity index (χ0v) is 10.2. The fourth-order valence-electron chi connectivity index (χ4n) is 1.16. The summed E-state index contributed by atoms with van der Waals surface area (Å²) in [7, 11) is 0. The standard InChI is InChI=1S/C7H6O2.C7H8O.Li/c8-7(9)6-4-2-1-3-5-6;8-6-7-4-2-1-3-5-7;/h1-5H,(H,8,9);1-5,8H,6H2;/q;;+1/p-1. The number of carbonyl (C=O) groups is 1. The van der Waals surface area contributed by atoms with Crippen molar-refractivity contribution in [1.29, 1.82) is 0 Å². The van der Waals surface area contributed by atoms with E-state index in [1.54, 1.807) is 18.2 Å². The second-order valence-corrected chi connectivity index (χ2v) is 3.30. The smallest absolute Gasteiger partial charge is 0.545 e. The largest absolute Gasteiger partial charge is 1.00 e. The third-order valence-corrected chi connectivity index (χ3v) is 2.03. The first-order valence-corrected chi connectivity index (χ1v) is 5.15. The molecular formula is C14H13LiO3. The van der Waals surface area contributed by atoms with Gasteiger partial charge in [-0.3, -0.25) is 0 Å². The molecule has 88 valence electrons. The summed E-state index contributed by atoms with van der Waals surface area (Å²) in [6.45, 7) is 0.140. The zero-order valence-electron chi connectivity index (χ0n) is 10.2. The summed E-state index contributed by atoms with van der Waals surface area (Å²) in [5.74, 6) is -1.13. The Bertz CT molecular complexity index is 443. The number of aliphatic hydroxyl groups is 1. The van der Waals surface area contributed by atoms with Gasteiger partial charge in [-0.05, 0) is 11.1 Å². The first kappa shape index (κ1) is 16.5. The minimum Gasteiger partial charge on any atom is -0.545 e. The Balaban J connectivity index is 0.000000306. The molecule has 2 rings (SSSR count). The maximum absolute atomic E-state index is 10.1. The van der Waals surface area contributed by atoms with E-state index in [4.69, 9.17) is 5.11 Å². The van der Waals surface area contributed by atoms with E-state index >= 15 is 0 Å². The Morgan fingerprint density at radius 3 is 1.67 bits per heavy atom. The molecule has 0 amide bonds. The molecule has 2 aromatic rings. The van der Waals surface area contributed by atoms with Crippen LogP contribution in [-0.4, -0.2) is 11.1 Å². The number of aromatic carboxylic acids is 1. The van der Waals surface area contributed by atoms with Crippen LogP contribution in [0, 0.1) is 0 Å². The second-order valence-electron chi connectivity index (χ2n) is 3.30. The van der Waals surface area contributed by atoms with E-state index < -0.39 is 5.97 Å². The van der Waals surface area contributed by atoms with Crippen LogP contribution in [0.25, 0.3) is 0 Å². The molecule has 0 radical (unpaired) electrons. The Morgan fingerprint density at radius 2 is 1.39 bits per heavy atom. The number of carboxylic acids is 1. The maximum atomic E-state index is 10.1. The molecule has 4 heteroatoms. The summed E-state index contributed by atoms with van der Waals surface area (Å²) < 4.78 is 0. The van der Waals surface area contributed by atoms with Crippen LogP contribution >= 0.6 is 0 Å². The van der Waals surface area contributed by atoms with Crippen molar-refractivity contribution in [2.45, 2.75) is 6.61 Å². The quantitative estimate of drug-likeness (QED) is 0.628. The summed E-state index contributed by atoms with van der Waals surface area (Å²) in [6, 6.07) is 17.6. The fraction of sp³-hybridized carbons (Fsp3) is 0.0714. The normalized spacial score (nSPS) is 8.50. The Hall–Kier alpha value is -1.53. The van der Waals surface area contributed by atoms with Crippen LogP contribution in [0.2, 0.25) is 0 Å². The third-order valence-electron chi connectivity index (χ3n) is 2.03. The van der Waals surface area contributed by atoms with Crippen molar-refractivity contribution < 1.29 is 33.9 Å². The summed E-state index contributed by atoms with van der Waals surface area (Å²) in [6.07, 6.45) is 0. The summed E-state index contributed by atoms with van der Waals surface area (Å²) >= 11 is 0. The molecule has 0 aliphatic heterocycles. The van der Waals surface area contributed by atoms with Gasteiger partial charge in [-0.25, -0.2) is 0 Å². The number of carboxylic acid groups (broad SMARTS) is 1. The first-order chi connectivity index (χ1) is 8.24. The van der Waals surface area contributed by atoms with Crippen molar-refractivity contribution in [1.82, 2.24) is 0 Å². The van der Waals surface area contributed by atoms with Gasteiger partial charge in [-0.2, -0.15) is 0 Å². The van der Waals surface area contributed by atoms with Gasteiger partial charge < -0.3 is 15.0 Å². The van der Waals surface area contributed by atoms with E-state index in [1.807, 2.05) is 30.3 Å². The van der Waals surface area contributed by atoms with Crippen LogP contribution < -0.4 is 24.0 Å². The van der Waals surface area contributed by atoms with E-state index in [-0.39, 0.29) is 31.0 Å². The number of benzene rings is 2. The molecule has 0 heterocycles. The van der Waals surface area contributed by atoms with Crippen LogP contribution in [0.4, 0.5) is 0 Å². The molecule has 1 N–H and O–H groups in total. The van der Waals surface area contributed by atoms with Crippen molar-refractivity contribution >= 4 is 5.97 Å². The van der Waals surface area contributed by atoms with Gasteiger partial charge in [0.2, 0.25) is 0 Å². The maximum Gasteiger partial charge on any atom is 1.00 e. The van der Waals surface area contributed by atoms with Crippen LogP contribution in [-0.2, 0) is 6.61 Å². The Kier molecular flexibility index (Phi) is 8.68. The van der Waals surface area contributed by atoms with Crippen LogP contribution in [0.1, 0.15) is 15.9 Å². The Labute approximate surface area is 118 Å². The Morgan fingerprint density at radius 1 is 0.944 bits per heavy atom. The molecule has 2 aromatic carbocycles. The minimum atomic E-state index is -1.13. The first-order valence-electron chi connectivity index (χ1n) is 5.15. The summed E-state index contributed by atoms with van der Waals surface area (Å²) in [5.41, 5.74) is 1.19. The van der Waals surface area contributed by atoms with Gasteiger partial charge in [0.15, 0.2) is 0 Å².